The molecule has 128 valence electrons. The fourth-order valence-corrected chi connectivity index (χ4v) is 3.69. The van der Waals surface area contributed by atoms with Crippen LogP contribution in [0, 0.1) is 5.92 Å². The summed E-state index contributed by atoms with van der Waals surface area (Å²) in [5.41, 5.74) is 0. The van der Waals surface area contributed by atoms with E-state index in [1.165, 1.54) is 103 Å². The van der Waals surface area contributed by atoms with Crippen LogP contribution >= 0.6 is 0 Å². The van der Waals surface area contributed by atoms with Crippen LogP contribution in [0.3, 0.4) is 0 Å². The van der Waals surface area contributed by atoms with Gasteiger partial charge in [0.05, 0.1) is 19.6 Å². The smallest absolute Gasteiger partial charge is 0.0799 e. The van der Waals surface area contributed by atoms with E-state index in [2.05, 4.69) is 13.8 Å². The van der Waals surface area contributed by atoms with Crippen LogP contribution in [0.15, 0.2) is 0 Å². The Morgan fingerprint density at radius 2 is 1.38 bits per heavy atom. The van der Waals surface area contributed by atoms with E-state index in [9.17, 15) is 0 Å². The molecule has 0 aromatic rings. The molecule has 1 aliphatic rings. The largest absolute Gasteiger partial charge is 1.00 e. The first-order chi connectivity index (χ1) is 9.86. The Kier molecular flexibility index (Phi) is 15.3. The molecule has 0 spiro atoms. The minimum Gasteiger partial charge on any atom is -1.00 e. The molecule has 1 rings (SSSR count). The molecule has 1 N–H and O–H groups in total. The topological polar surface area (TPSA) is 4.44 Å². The van der Waals surface area contributed by atoms with Gasteiger partial charge in [-0.15, -0.1) is 0 Å². The average Bonchev–Trinajstić information content (AvgIpc) is 2.49. The fraction of sp³-hybridized carbons (Fsp3) is 1.00. The highest BCUT2D eigenvalue weighted by molar-refractivity contribution is 4.59. The van der Waals surface area contributed by atoms with Gasteiger partial charge in [0, 0.05) is 5.92 Å². The molecule has 1 heterocycles. The van der Waals surface area contributed by atoms with E-state index in [0.29, 0.717) is 0 Å². The molecule has 1 nitrogen and oxygen atoms in total. The van der Waals surface area contributed by atoms with E-state index in [1.807, 2.05) is 4.90 Å². The van der Waals surface area contributed by atoms with Crippen LogP contribution in [0.25, 0.3) is 0 Å². The predicted octanol–water partition coefficient (Wildman–Crippen LogP) is 1.62. The van der Waals surface area contributed by atoms with Crippen molar-refractivity contribution in [3.63, 3.8) is 0 Å². The number of halogens is 1. The SMILES string of the molecule is CCCCCCCCCCCC[NH+]1CCCC(CC)C1.[Cl-]. The monoisotopic (exact) mass is 317 g/mol. The highest BCUT2D eigenvalue weighted by Crippen LogP contribution is 2.12. The lowest BCUT2D eigenvalue weighted by molar-refractivity contribution is -0.909. The number of quaternary nitrogens is 1. The van der Waals surface area contributed by atoms with Crippen molar-refractivity contribution >= 4 is 0 Å². The fourth-order valence-electron chi connectivity index (χ4n) is 3.69. The highest BCUT2D eigenvalue weighted by atomic mass is 35.5. The highest BCUT2D eigenvalue weighted by Gasteiger charge is 2.20. The molecule has 1 aliphatic heterocycles. The van der Waals surface area contributed by atoms with E-state index in [0.717, 1.165) is 5.92 Å². The summed E-state index contributed by atoms with van der Waals surface area (Å²) in [6.07, 6.45) is 19.0. The van der Waals surface area contributed by atoms with Crippen molar-refractivity contribution in [3.05, 3.63) is 0 Å². The Balaban J connectivity index is 0.00000400. The summed E-state index contributed by atoms with van der Waals surface area (Å²) in [7, 11) is 0. The van der Waals surface area contributed by atoms with Crippen LogP contribution < -0.4 is 17.3 Å². The maximum Gasteiger partial charge on any atom is 0.0799 e. The molecule has 0 aromatic carbocycles. The van der Waals surface area contributed by atoms with Gasteiger partial charge in [0.25, 0.3) is 0 Å². The number of rotatable bonds is 12. The second-order valence-corrected chi connectivity index (χ2v) is 7.05. The van der Waals surface area contributed by atoms with Crippen molar-refractivity contribution < 1.29 is 17.3 Å². The van der Waals surface area contributed by atoms with Crippen LogP contribution in [-0.2, 0) is 0 Å². The Labute approximate surface area is 140 Å². The maximum atomic E-state index is 2.37. The van der Waals surface area contributed by atoms with Crippen LogP contribution in [0.2, 0.25) is 0 Å². The van der Waals surface area contributed by atoms with Crippen LogP contribution in [0.5, 0.6) is 0 Å². The van der Waals surface area contributed by atoms with E-state index in [1.54, 1.807) is 0 Å². The first-order valence-electron chi connectivity index (χ1n) is 9.70. The summed E-state index contributed by atoms with van der Waals surface area (Å²) in [5, 5.41) is 0. The van der Waals surface area contributed by atoms with Crippen molar-refractivity contribution in [2.75, 3.05) is 19.6 Å². The number of unbranched alkanes of at least 4 members (excludes halogenated alkanes) is 9. The van der Waals surface area contributed by atoms with Crippen molar-refractivity contribution in [2.45, 2.75) is 97.3 Å². The molecule has 1 fully saturated rings. The van der Waals surface area contributed by atoms with Gasteiger partial charge in [-0.1, -0.05) is 65.2 Å². The first-order valence-corrected chi connectivity index (χ1v) is 9.70. The number of likely N-dealkylation sites (tertiary alicyclic amines) is 1. The molecule has 0 bridgehead atoms. The molecular weight excluding hydrogens is 278 g/mol. The van der Waals surface area contributed by atoms with Gasteiger partial charge in [0.15, 0.2) is 0 Å². The van der Waals surface area contributed by atoms with Gasteiger partial charge >= 0.3 is 0 Å². The third kappa shape index (κ3) is 11.5. The Bertz CT molecular complexity index is 208. The molecule has 0 saturated carbocycles. The van der Waals surface area contributed by atoms with Gasteiger partial charge in [0.2, 0.25) is 0 Å². The lowest BCUT2D eigenvalue weighted by atomic mass is 9.95. The Morgan fingerprint density at radius 3 is 1.95 bits per heavy atom. The second-order valence-electron chi connectivity index (χ2n) is 7.05. The molecule has 0 aliphatic carbocycles. The summed E-state index contributed by atoms with van der Waals surface area (Å²) in [4.78, 5) is 1.91. The zero-order chi connectivity index (χ0) is 14.5. The molecule has 1 saturated heterocycles. The summed E-state index contributed by atoms with van der Waals surface area (Å²) in [6, 6.07) is 0. The molecule has 2 atom stereocenters. The van der Waals surface area contributed by atoms with Gasteiger partial charge in [-0.25, -0.2) is 0 Å². The standard InChI is InChI=1S/C19H39N.ClH/c1-3-5-6-7-8-9-10-11-12-13-16-20-17-14-15-19(4-2)18-20;/h19H,3-18H2,1-2H3;1H. The Morgan fingerprint density at radius 1 is 0.810 bits per heavy atom. The van der Waals surface area contributed by atoms with Crippen LogP contribution in [0.1, 0.15) is 97.3 Å². The number of hydrogen-bond donors (Lipinski definition) is 1. The summed E-state index contributed by atoms with van der Waals surface area (Å²) in [6.45, 7) is 9.04. The maximum absolute atomic E-state index is 2.37. The third-order valence-corrected chi connectivity index (χ3v) is 5.18. The van der Waals surface area contributed by atoms with Crippen LogP contribution in [0.4, 0.5) is 0 Å². The zero-order valence-electron chi connectivity index (χ0n) is 14.8. The summed E-state index contributed by atoms with van der Waals surface area (Å²) in [5.74, 6) is 1.03. The average molecular weight is 318 g/mol. The molecule has 0 amide bonds. The van der Waals surface area contributed by atoms with Gasteiger partial charge in [-0.05, 0) is 32.1 Å². The van der Waals surface area contributed by atoms with Gasteiger partial charge in [0.1, 0.15) is 0 Å². The molecule has 0 aromatic heterocycles. The summed E-state index contributed by atoms with van der Waals surface area (Å²) >= 11 is 0. The van der Waals surface area contributed by atoms with Crippen molar-refractivity contribution in [2.24, 2.45) is 5.92 Å². The first kappa shape index (κ1) is 21.2. The minimum atomic E-state index is 0. The predicted molar refractivity (Wildman–Crippen MR) is 90.4 cm³/mol. The van der Waals surface area contributed by atoms with Crippen molar-refractivity contribution in [1.82, 2.24) is 0 Å². The molecule has 21 heavy (non-hydrogen) atoms. The summed E-state index contributed by atoms with van der Waals surface area (Å²) < 4.78 is 0. The Hall–Kier alpha value is 0.250. The van der Waals surface area contributed by atoms with E-state index in [-0.39, 0.29) is 12.4 Å². The van der Waals surface area contributed by atoms with Crippen molar-refractivity contribution in [1.29, 1.82) is 0 Å². The molecule has 2 heteroatoms. The molecular formula is C19H40ClN. The number of nitrogens with one attached hydrogen (secondary N) is 1. The molecule has 2 unspecified atom stereocenters. The lowest BCUT2D eigenvalue weighted by Gasteiger charge is -2.29. The number of hydrogen-bond acceptors (Lipinski definition) is 0. The van der Waals surface area contributed by atoms with Crippen LogP contribution in [-0.4, -0.2) is 19.6 Å². The van der Waals surface area contributed by atoms with E-state index in [4.69, 9.17) is 0 Å². The van der Waals surface area contributed by atoms with Gasteiger partial charge in [-0.2, -0.15) is 0 Å². The minimum absolute atomic E-state index is 0. The van der Waals surface area contributed by atoms with Crippen molar-refractivity contribution in [3.8, 4) is 0 Å². The van der Waals surface area contributed by atoms with E-state index >= 15 is 0 Å². The van der Waals surface area contributed by atoms with Gasteiger partial charge < -0.3 is 17.3 Å². The molecule has 0 radical (unpaired) electrons. The second kappa shape index (κ2) is 15.2. The third-order valence-electron chi connectivity index (χ3n) is 5.18. The quantitative estimate of drug-likeness (QED) is 0.522. The number of piperidine rings is 1. The normalized spacial score (nSPS) is 22.0. The van der Waals surface area contributed by atoms with E-state index < -0.39 is 0 Å². The lowest BCUT2D eigenvalue weighted by Crippen LogP contribution is -3.13. The zero-order valence-corrected chi connectivity index (χ0v) is 15.5. The van der Waals surface area contributed by atoms with Gasteiger partial charge in [-0.3, -0.25) is 0 Å².